The number of carbonyl (C=O) groups excluding carboxylic acids is 4. The number of benzene rings is 2. The number of nitrogens with one attached hydrogen (secondary N) is 2. The summed E-state index contributed by atoms with van der Waals surface area (Å²) < 4.78 is 16.2. The molecule has 10 nitrogen and oxygen atoms in total. The maximum Gasteiger partial charge on any atom is 0.311 e. The van der Waals surface area contributed by atoms with Crippen molar-refractivity contribution in [1.82, 2.24) is 10.4 Å². The Hall–Kier alpha value is -3.31. The monoisotopic (exact) mass is 567 g/mol. The van der Waals surface area contributed by atoms with Crippen molar-refractivity contribution in [2.75, 3.05) is 32.7 Å². The summed E-state index contributed by atoms with van der Waals surface area (Å²) in [6, 6.07) is 8.17. The molecule has 0 bridgehead atoms. The zero-order valence-corrected chi connectivity index (χ0v) is 21.5. The molecule has 0 unspecified atom stereocenters. The van der Waals surface area contributed by atoms with Crippen molar-refractivity contribution in [3.05, 3.63) is 51.0 Å². The molecule has 3 rings (SSSR count). The summed E-state index contributed by atoms with van der Waals surface area (Å²) in [5, 5.41) is 4.12. The summed E-state index contributed by atoms with van der Waals surface area (Å²) in [5.41, 5.74) is 3.72. The lowest BCUT2D eigenvalue weighted by molar-refractivity contribution is -0.151. The van der Waals surface area contributed by atoms with Gasteiger partial charge >= 0.3 is 5.97 Å². The van der Waals surface area contributed by atoms with Crippen LogP contribution >= 0.6 is 27.5 Å². The second-order valence-corrected chi connectivity index (χ2v) is 8.81. The summed E-state index contributed by atoms with van der Waals surface area (Å²) in [5.74, 6) is -2.72. The third-order valence-electron chi connectivity index (χ3n) is 5.31. The molecule has 186 valence electrons. The Morgan fingerprint density at radius 3 is 2.43 bits per heavy atom. The molecule has 1 aliphatic rings. The van der Waals surface area contributed by atoms with Crippen LogP contribution in [0.4, 0.5) is 5.69 Å². The molecule has 0 aliphatic carbocycles. The van der Waals surface area contributed by atoms with Crippen LogP contribution in [0, 0.1) is 12.8 Å². The van der Waals surface area contributed by atoms with Crippen molar-refractivity contribution < 1.29 is 33.4 Å². The van der Waals surface area contributed by atoms with E-state index in [4.69, 9.17) is 25.8 Å². The fourth-order valence-corrected chi connectivity index (χ4v) is 4.05. The molecular weight excluding hydrogens is 546 g/mol. The zero-order chi connectivity index (χ0) is 25.7. The lowest BCUT2D eigenvalue weighted by Gasteiger charge is -2.19. The number of halogens is 2. The molecule has 0 radical (unpaired) electrons. The van der Waals surface area contributed by atoms with Crippen LogP contribution in [0.2, 0.25) is 5.02 Å². The number of carbonyl (C=O) groups is 4. The standard InChI is InChI=1S/C23H23BrClN3O7/c1-12-15(8-7-14(24)21(12)25)26-18(29)11-35-23(32)13-9-19(30)28(10-13)27-22(31)20-16(33-2)5-4-6-17(20)34-3/h4-8,13H,9-11H2,1-3H3,(H,26,29)(H,27,31)/t13-/m1/s1. The van der Waals surface area contributed by atoms with Gasteiger partial charge in [-0.1, -0.05) is 17.7 Å². The van der Waals surface area contributed by atoms with E-state index in [1.54, 1.807) is 37.3 Å². The van der Waals surface area contributed by atoms with Crippen LogP contribution in [0.3, 0.4) is 0 Å². The zero-order valence-electron chi connectivity index (χ0n) is 19.1. The average molecular weight is 569 g/mol. The highest BCUT2D eigenvalue weighted by molar-refractivity contribution is 9.10. The fraction of sp³-hybridized carbons (Fsp3) is 0.304. The molecule has 12 heteroatoms. The molecule has 1 heterocycles. The quantitative estimate of drug-likeness (QED) is 0.469. The number of ether oxygens (including phenoxy) is 3. The molecule has 1 atom stereocenters. The topological polar surface area (TPSA) is 123 Å². The molecule has 1 saturated heterocycles. The molecule has 2 aromatic rings. The number of hydrazine groups is 1. The Bertz CT molecular complexity index is 1150. The third-order valence-corrected chi connectivity index (χ3v) is 6.68. The summed E-state index contributed by atoms with van der Waals surface area (Å²) in [4.78, 5) is 49.9. The van der Waals surface area contributed by atoms with Crippen LogP contribution in [0.1, 0.15) is 22.3 Å². The van der Waals surface area contributed by atoms with Gasteiger partial charge < -0.3 is 19.5 Å². The molecule has 2 N–H and O–H groups in total. The van der Waals surface area contributed by atoms with Crippen molar-refractivity contribution in [3.8, 4) is 11.5 Å². The molecule has 1 aliphatic heterocycles. The van der Waals surface area contributed by atoms with Gasteiger partial charge in [-0.3, -0.25) is 29.6 Å². The van der Waals surface area contributed by atoms with Crippen molar-refractivity contribution in [3.63, 3.8) is 0 Å². The first-order chi connectivity index (χ1) is 16.7. The second-order valence-electron chi connectivity index (χ2n) is 7.57. The van der Waals surface area contributed by atoms with Crippen molar-refractivity contribution in [2.45, 2.75) is 13.3 Å². The van der Waals surface area contributed by atoms with Gasteiger partial charge in [0.05, 0.1) is 31.7 Å². The van der Waals surface area contributed by atoms with Gasteiger partial charge in [0.2, 0.25) is 5.91 Å². The SMILES string of the molecule is COc1cccc(OC)c1C(=O)NN1C[C@H](C(=O)OCC(=O)Nc2ccc(Br)c(Cl)c2C)CC1=O. The van der Waals surface area contributed by atoms with Crippen LogP contribution in [0.5, 0.6) is 11.5 Å². The highest BCUT2D eigenvalue weighted by atomic mass is 79.9. The van der Waals surface area contributed by atoms with E-state index in [1.807, 2.05) is 0 Å². The van der Waals surface area contributed by atoms with E-state index in [1.165, 1.54) is 14.2 Å². The molecule has 2 aromatic carbocycles. The normalized spacial score (nSPS) is 14.9. The minimum Gasteiger partial charge on any atom is -0.496 e. The van der Waals surface area contributed by atoms with Gasteiger partial charge in [0.25, 0.3) is 11.8 Å². The van der Waals surface area contributed by atoms with Crippen LogP contribution in [0.25, 0.3) is 0 Å². The van der Waals surface area contributed by atoms with Crippen molar-refractivity contribution >= 4 is 56.9 Å². The van der Waals surface area contributed by atoms with Crippen LogP contribution in [-0.2, 0) is 19.1 Å². The smallest absolute Gasteiger partial charge is 0.311 e. The number of amides is 3. The van der Waals surface area contributed by atoms with Gasteiger partial charge in [-0.2, -0.15) is 0 Å². The highest BCUT2D eigenvalue weighted by Crippen LogP contribution is 2.31. The predicted molar refractivity (Wildman–Crippen MR) is 130 cm³/mol. The molecule has 1 fully saturated rings. The predicted octanol–water partition coefficient (Wildman–Crippen LogP) is 3.10. The largest absolute Gasteiger partial charge is 0.496 e. The summed E-state index contributed by atoms with van der Waals surface area (Å²) in [6.45, 7) is 1.09. The fourth-order valence-electron chi connectivity index (χ4n) is 3.46. The summed E-state index contributed by atoms with van der Waals surface area (Å²) in [7, 11) is 2.81. The number of methoxy groups -OCH3 is 2. The molecule has 35 heavy (non-hydrogen) atoms. The number of nitrogens with zero attached hydrogens (tertiary/aromatic N) is 1. The van der Waals surface area contributed by atoms with Crippen LogP contribution < -0.4 is 20.2 Å². The molecule has 0 spiro atoms. The van der Waals surface area contributed by atoms with Gasteiger partial charge in [0.1, 0.15) is 17.1 Å². The van der Waals surface area contributed by atoms with Crippen LogP contribution in [-0.4, -0.2) is 56.1 Å². The number of rotatable bonds is 8. The Morgan fingerprint density at radius 1 is 1.14 bits per heavy atom. The van der Waals surface area contributed by atoms with E-state index in [9.17, 15) is 19.2 Å². The van der Waals surface area contributed by atoms with Gasteiger partial charge in [0, 0.05) is 16.6 Å². The first-order valence-corrected chi connectivity index (χ1v) is 11.6. The Labute approximate surface area is 214 Å². The number of hydrogen-bond donors (Lipinski definition) is 2. The van der Waals surface area contributed by atoms with E-state index < -0.39 is 36.2 Å². The van der Waals surface area contributed by atoms with Gasteiger partial charge in [-0.15, -0.1) is 0 Å². The maximum absolute atomic E-state index is 12.8. The molecule has 0 aromatic heterocycles. The average Bonchev–Trinajstić information content (AvgIpc) is 3.22. The molecule has 0 saturated carbocycles. The summed E-state index contributed by atoms with van der Waals surface area (Å²) in [6.07, 6.45) is -0.175. The minimum absolute atomic E-state index is 0.107. The number of hydrogen-bond acceptors (Lipinski definition) is 7. The number of esters is 1. The number of anilines is 1. The summed E-state index contributed by atoms with van der Waals surface area (Å²) >= 11 is 9.45. The van der Waals surface area contributed by atoms with E-state index in [0.717, 1.165) is 5.01 Å². The van der Waals surface area contributed by atoms with E-state index >= 15 is 0 Å². The second kappa shape index (κ2) is 11.4. The minimum atomic E-state index is -0.848. The Morgan fingerprint density at radius 2 is 1.80 bits per heavy atom. The Balaban J connectivity index is 1.56. The van der Waals surface area contributed by atoms with Gasteiger partial charge in [-0.05, 0) is 52.7 Å². The van der Waals surface area contributed by atoms with Gasteiger partial charge in [-0.25, -0.2) is 0 Å². The third kappa shape index (κ3) is 6.04. The Kier molecular flexibility index (Phi) is 8.57. The van der Waals surface area contributed by atoms with Crippen molar-refractivity contribution in [2.24, 2.45) is 5.92 Å². The van der Waals surface area contributed by atoms with Crippen LogP contribution in [0.15, 0.2) is 34.8 Å². The van der Waals surface area contributed by atoms with E-state index in [0.29, 0.717) is 20.7 Å². The first-order valence-electron chi connectivity index (χ1n) is 10.4. The maximum atomic E-state index is 12.8. The van der Waals surface area contributed by atoms with Gasteiger partial charge in [0.15, 0.2) is 6.61 Å². The molecule has 3 amide bonds. The first kappa shape index (κ1) is 26.3. The lowest BCUT2D eigenvalue weighted by Crippen LogP contribution is -2.43. The van der Waals surface area contributed by atoms with E-state index in [-0.39, 0.29) is 30.0 Å². The van der Waals surface area contributed by atoms with Crippen molar-refractivity contribution in [1.29, 1.82) is 0 Å². The highest BCUT2D eigenvalue weighted by Gasteiger charge is 2.37. The lowest BCUT2D eigenvalue weighted by atomic mass is 10.1. The van der Waals surface area contributed by atoms with E-state index in [2.05, 4.69) is 26.7 Å². The molecular formula is C23H23BrClN3O7.